The van der Waals surface area contributed by atoms with Crippen LogP contribution in [0.1, 0.15) is 56.7 Å². The van der Waals surface area contributed by atoms with E-state index in [0.717, 1.165) is 23.6 Å². The second kappa shape index (κ2) is 8.58. The van der Waals surface area contributed by atoms with Gasteiger partial charge in [0.2, 0.25) is 0 Å². The highest BCUT2D eigenvalue weighted by Gasteiger charge is 2.35. The minimum absolute atomic E-state index is 0.193. The fourth-order valence-corrected chi connectivity index (χ4v) is 4.85. The van der Waals surface area contributed by atoms with Gasteiger partial charge in [-0.2, -0.15) is 0 Å². The van der Waals surface area contributed by atoms with Crippen molar-refractivity contribution >= 4 is 29.0 Å². The minimum atomic E-state index is 0.193. The van der Waals surface area contributed by atoms with Gasteiger partial charge < -0.3 is 10.2 Å². The van der Waals surface area contributed by atoms with E-state index in [2.05, 4.69) is 93.4 Å². The molecule has 0 bridgehead atoms. The van der Waals surface area contributed by atoms with Crippen LogP contribution in [-0.4, -0.2) is 18.3 Å². The molecular formula is C28H33N3. The van der Waals surface area contributed by atoms with E-state index in [1.165, 1.54) is 28.8 Å². The normalized spacial score (nSPS) is 17.6. The number of nitrogens with one attached hydrogen (secondary N) is 1. The number of rotatable bonds is 5. The van der Waals surface area contributed by atoms with Gasteiger partial charge in [-0.15, -0.1) is 0 Å². The van der Waals surface area contributed by atoms with Crippen LogP contribution in [0.15, 0.2) is 71.7 Å². The Morgan fingerprint density at radius 1 is 1.03 bits per heavy atom. The molecule has 0 saturated heterocycles. The van der Waals surface area contributed by atoms with Crippen LogP contribution in [0.3, 0.4) is 0 Å². The Balaban J connectivity index is 1.55. The number of nitrogens with zero attached hydrogens (tertiary/aromatic N) is 2. The summed E-state index contributed by atoms with van der Waals surface area (Å²) >= 11 is 0. The van der Waals surface area contributed by atoms with Gasteiger partial charge in [0.15, 0.2) is 0 Å². The molecule has 0 fully saturated rings. The molecule has 3 aromatic carbocycles. The first-order chi connectivity index (χ1) is 14.9. The summed E-state index contributed by atoms with van der Waals surface area (Å²) in [7, 11) is 0. The summed E-state index contributed by atoms with van der Waals surface area (Å²) in [4.78, 5) is 7.31. The average molecular weight is 412 g/mol. The van der Waals surface area contributed by atoms with Crippen molar-refractivity contribution in [3.63, 3.8) is 0 Å². The molecule has 0 spiro atoms. The molecule has 31 heavy (non-hydrogen) atoms. The van der Waals surface area contributed by atoms with E-state index >= 15 is 0 Å². The van der Waals surface area contributed by atoms with Gasteiger partial charge in [-0.05, 0) is 105 Å². The van der Waals surface area contributed by atoms with E-state index in [4.69, 9.17) is 4.99 Å². The third-order valence-electron chi connectivity index (χ3n) is 6.37. The summed E-state index contributed by atoms with van der Waals surface area (Å²) < 4.78 is 0. The molecule has 3 nitrogen and oxygen atoms in total. The molecule has 0 radical (unpaired) electrons. The van der Waals surface area contributed by atoms with Crippen molar-refractivity contribution in [3.8, 4) is 0 Å². The van der Waals surface area contributed by atoms with Gasteiger partial charge in [0.25, 0.3) is 0 Å². The van der Waals surface area contributed by atoms with Crippen LogP contribution in [0.25, 0.3) is 0 Å². The Morgan fingerprint density at radius 2 is 1.71 bits per heavy atom. The number of para-hydroxylation sites is 1. The first-order valence-electron chi connectivity index (χ1n) is 11.3. The molecule has 0 aromatic heterocycles. The number of benzene rings is 3. The molecule has 3 heteroatoms. The molecule has 0 amide bonds. The summed E-state index contributed by atoms with van der Waals surface area (Å²) in [5.41, 5.74) is 8.60. The van der Waals surface area contributed by atoms with Crippen LogP contribution in [0.2, 0.25) is 0 Å². The fraction of sp³-hybridized carbons (Fsp3) is 0.321. The van der Waals surface area contributed by atoms with Crippen LogP contribution in [0.4, 0.5) is 22.7 Å². The lowest BCUT2D eigenvalue weighted by atomic mass is 9.79. The minimum Gasteiger partial charge on any atom is -0.366 e. The molecule has 1 aliphatic heterocycles. The Hall–Kier alpha value is -3.07. The Morgan fingerprint density at radius 3 is 2.39 bits per heavy atom. The van der Waals surface area contributed by atoms with Crippen molar-refractivity contribution < 1.29 is 0 Å². The number of aryl methyl sites for hydroxylation is 1. The lowest BCUT2D eigenvalue weighted by Crippen LogP contribution is -2.48. The number of hydrogen-bond donors (Lipinski definition) is 1. The van der Waals surface area contributed by atoms with Gasteiger partial charge in [0.05, 0.1) is 5.69 Å². The number of fused-ring (bicyclic) bond motifs is 1. The van der Waals surface area contributed by atoms with Gasteiger partial charge in [0.1, 0.15) is 0 Å². The van der Waals surface area contributed by atoms with Crippen LogP contribution in [-0.2, 0) is 0 Å². The van der Waals surface area contributed by atoms with Crippen LogP contribution in [0.5, 0.6) is 0 Å². The highest BCUT2D eigenvalue weighted by atomic mass is 15.2. The van der Waals surface area contributed by atoms with Gasteiger partial charge in [-0.3, -0.25) is 4.99 Å². The summed E-state index contributed by atoms with van der Waals surface area (Å²) in [5.74, 6) is 0.545. The predicted octanol–water partition coefficient (Wildman–Crippen LogP) is 7.60. The number of anilines is 3. The quantitative estimate of drug-likeness (QED) is 0.438. The van der Waals surface area contributed by atoms with Crippen LogP contribution in [0, 0.1) is 6.92 Å². The molecule has 1 heterocycles. The predicted molar refractivity (Wildman–Crippen MR) is 135 cm³/mol. The van der Waals surface area contributed by atoms with Gasteiger partial charge in [-0.25, -0.2) is 0 Å². The van der Waals surface area contributed by atoms with E-state index in [1.807, 2.05) is 24.4 Å². The lowest BCUT2D eigenvalue weighted by molar-refractivity contribution is 0.381. The third-order valence-corrected chi connectivity index (χ3v) is 6.37. The zero-order chi connectivity index (χ0) is 22.0. The molecule has 1 atom stereocenters. The Kier molecular flexibility index (Phi) is 5.86. The fourth-order valence-electron chi connectivity index (χ4n) is 4.85. The molecule has 0 saturated carbocycles. The molecule has 1 N–H and O–H groups in total. The van der Waals surface area contributed by atoms with Gasteiger partial charge in [0, 0.05) is 35.4 Å². The van der Waals surface area contributed by atoms with Gasteiger partial charge in [-0.1, -0.05) is 25.1 Å². The van der Waals surface area contributed by atoms with Gasteiger partial charge >= 0.3 is 0 Å². The van der Waals surface area contributed by atoms with Crippen molar-refractivity contribution in [1.29, 1.82) is 0 Å². The molecule has 1 unspecified atom stereocenters. The first-order valence-corrected chi connectivity index (χ1v) is 11.3. The SMILES string of the molecule is CCN1c2cc(C)c(C=Nc3ccc(Nc4ccccc4)cc3)cc2C(C)CC1(C)C. The average Bonchev–Trinajstić information content (AvgIpc) is 2.74. The maximum absolute atomic E-state index is 4.76. The molecule has 3 aromatic rings. The highest BCUT2D eigenvalue weighted by Crippen LogP contribution is 2.44. The summed E-state index contributed by atoms with van der Waals surface area (Å²) in [6.07, 6.45) is 3.18. The topological polar surface area (TPSA) is 27.6 Å². The monoisotopic (exact) mass is 411 g/mol. The summed E-state index contributed by atoms with van der Waals surface area (Å²) in [5, 5.41) is 3.41. The molecule has 4 rings (SSSR count). The molecular weight excluding hydrogens is 378 g/mol. The smallest absolute Gasteiger partial charge is 0.0631 e. The van der Waals surface area contributed by atoms with Crippen molar-refractivity contribution in [1.82, 2.24) is 0 Å². The van der Waals surface area contributed by atoms with E-state index in [1.54, 1.807) is 0 Å². The summed E-state index contributed by atoms with van der Waals surface area (Å²) in [6.45, 7) is 12.5. The van der Waals surface area contributed by atoms with Crippen molar-refractivity contribution in [3.05, 3.63) is 83.4 Å². The maximum Gasteiger partial charge on any atom is 0.0631 e. The first kappa shape index (κ1) is 21.2. The Labute approximate surface area is 186 Å². The van der Waals surface area contributed by atoms with Crippen LogP contribution < -0.4 is 10.2 Å². The van der Waals surface area contributed by atoms with Crippen LogP contribution >= 0.6 is 0 Å². The van der Waals surface area contributed by atoms with Crippen molar-refractivity contribution in [2.75, 3.05) is 16.8 Å². The second-order valence-electron chi connectivity index (χ2n) is 9.23. The largest absolute Gasteiger partial charge is 0.366 e. The number of hydrogen-bond acceptors (Lipinski definition) is 3. The summed E-state index contributed by atoms with van der Waals surface area (Å²) in [6, 6.07) is 23.2. The molecule has 160 valence electrons. The third kappa shape index (κ3) is 4.51. The standard InChI is InChI=1S/C28H33N3/c1-6-31-27-16-20(2)22(17-26(27)21(3)18-28(31,4)5)19-29-23-12-14-25(15-13-23)30-24-10-8-7-9-11-24/h7-17,19,21,30H,6,18H2,1-5H3. The molecule has 0 aliphatic carbocycles. The number of aliphatic imine (C=N–C) groups is 1. The zero-order valence-electron chi connectivity index (χ0n) is 19.3. The van der Waals surface area contributed by atoms with Crippen molar-refractivity contribution in [2.24, 2.45) is 4.99 Å². The van der Waals surface area contributed by atoms with E-state index < -0.39 is 0 Å². The van der Waals surface area contributed by atoms with E-state index in [-0.39, 0.29) is 5.54 Å². The zero-order valence-corrected chi connectivity index (χ0v) is 19.3. The Bertz CT molecular complexity index is 1070. The molecule has 1 aliphatic rings. The lowest BCUT2D eigenvalue weighted by Gasteiger charge is -2.47. The van der Waals surface area contributed by atoms with Crippen molar-refractivity contribution in [2.45, 2.75) is 52.5 Å². The van der Waals surface area contributed by atoms with E-state index in [0.29, 0.717) is 5.92 Å². The van der Waals surface area contributed by atoms with E-state index in [9.17, 15) is 0 Å². The second-order valence-corrected chi connectivity index (χ2v) is 9.23. The highest BCUT2D eigenvalue weighted by molar-refractivity contribution is 5.86. The maximum atomic E-state index is 4.76.